The Kier molecular flexibility index (Phi) is 9.29. The lowest BCUT2D eigenvalue weighted by atomic mass is 9.67. The molecule has 5 nitrogen and oxygen atoms in total. The van der Waals surface area contributed by atoms with E-state index in [1.807, 2.05) is 0 Å². The summed E-state index contributed by atoms with van der Waals surface area (Å²) in [6, 6.07) is 0. The predicted octanol–water partition coefficient (Wildman–Crippen LogP) is 6.48. The first-order valence-corrected chi connectivity index (χ1v) is 9.63. The fourth-order valence-corrected chi connectivity index (χ4v) is 4.14. The van der Waals surface area contributed by atoms with Crippen molar-refractivity contribution >= 4 is 6.16 Å². The standard InChI is InChI=1S/C18H20F12O5/c1-3-33-8-9-34-13(15(19,20)21,16(22,23)24)10-4-6-11(7-5-10)14(17(25,26)27,18(28,29)30)35-12(31)32-2/h3,10-11H,1,4-9H2,2H3. The number of halogens is 12. The van der Waals surface area contributed by atoms with Crippen LogP contribution in [0.1, 0.15) is 25.7 Å². The Labute approximate surface area is 190 Å². The molecule has 1 aliphatic rings. The molecule has 0 atom stereocenters. The number of alkyl halides is 12. The highest BCUT2D eigenvalue weighted by Crippen LogP contribution is 2.59. The lowest BCUT2D eigenvalue weighted by Gasteiger charge is -2.48. The zero-order valence-corrected chi connectivity index (χ0v) is 17.8. The van der Waals surface area contributed by atoms with Crippen LogP contribution in [0.3, 0.4) is 0 Å². The summed E-state index contributed by atoms with van der Waals surface area (Å²) < 4.78 is 180. The maximum absolute atomic E-state index is 13.7. The molecule has 0 N–H and O–H groups in total. The van der Waals surface area contributed by atoms with Gasteiger partial charge in [0.15, 0.2) is 0 Å². The molecule has 0 radical (unpaired) electrons. The normalized spacial score (nSPS) is 20.8. The fraction of sp³-hybridized carbons (Fsp3) is 0.833. The van der Waals surface area contributed by atoms with E-state index >= 15 is 0 Å². The van der Waals surface area contributed by atoms with Crippen LogP contribution in [0.2, 0.25) is 0 Å². The van der Waals surface area contributed by atoms with Crippen molar-refractivity contribution < 1.29 is 76.4 Å². The van der Waals surface area contributed by atoms with Crippen LogP contribution in [0.15, 0.2) is 12.8 Å². The Hall–Kier alpha value is -2.07. The molecule has 0 heterocycles. The number of carbonyl (C=O) groups excluding carboxylic acids is 1. The maximum atomic E-state index is 13.7. The predicted molar refractivity (Wildman–Crippen MR) is 90.7 cm³/mol. The molecule has 17 heteroatoms. The van der Waals surface area contributed by atoms with Crippen molar-refractivity contribution in [3.8, 4) is 0 Å². The van der Waals surface area contributed by atoms with Crippen LogP contribution in [0.25, 0.3) is 0 Å². The van der Waals surface area contributed by atoms with Gasteiger partial charge in [-0.25, -0.2) is 4.79 Å². The van der Waals surface area contributed by atoms with Crippen molar-refractivity contribution in [1.82, 2.24) is 0 Å². The van der Waals surface area contributed by atoms with Gasteiger partial charge in [-0.15, -0.1) is 0 Å². The number of methoxy groups -OCH3 is 1. The summed E-state index contributed by atoms with van der Waals surface area (Å²) in [7, 11) is 0.408. The molecule has 1 saturated carbocycles. The van der Waals surface area contributed by atoms with Gasteiger partial charge in [-0.2, -0.15) is 52.7 Å². The Bertz CT molecular complexity index is 689. The van der Waals surface area contributed by atoms with Gasteiger partial charge in [0.2, 0.25) is 0 Å². The quantitative estimate of drug-likeness (QED) is 0.152. The van der Waals surface area contributed by atoms with Crippen LogP contribution < -0.4 is 0 Å². The number of hydrogen-bond acceptors (Lipinski definition) is 5. The molecule has 0 aromatic carbocycles. The average molecular weight is 544 g/mol. The second kappa shape index (κ2) is 10.5. The third-order valence-electron chi connectivity index (χ3n) is 5.62. The van der Waals surface area contributed by atoms with E-state index in [1.54, 1.807) is 0 Å². The summed E-state index contributed by atoms with van der Waals surface area (Å²) in [5, 5.41) is 0. The lowest BCUT2D eigenvalue weighted by Crippen LogP contribution is -2.67. The third-order valence-corrected chi connectivity index (χ3v) is 5.62. The van der Waals surface area contributed by atoms with Gasteiger partial charge in [-0.3, -0.25) is 0 Å². The first kappa shape index (κ1) is 31.0. The Morgan fingerprint density at radius 2 is 1.11 bits per heavy atom. The molecule has 1 aliphatic carbocycles. The zero-order valence-electron chi connectivity index (χ0n) is 17.8. The SMILES string of the molecule is C=COCCOC(C1CCC(C(OC(=O)OC)(C(F)(F)F)C(F)(F)F)CC1)(C(F)(F)F)C(F)(F)F. The Morgan fingerprint density at radius 1 is 0.743 bits per heavy atom. The Morgan fingerprint density at radius 3 is 1.43 bits per heavy atom. The van der Waals surface area contributed by atoms with E-state index in [1.165, 1.54) is 0 Å². The summed E-state index contributed by atoms with van der Waals surface area (Å²) in [6.07, 6.45) is -32.5. The molecule has 0 bridgehead atoms. The lowest BCUT2D eigenvalue weighted by molar-refractivity contribution is -0.407. The van der Waals surface area contributed by atoms with Gasteiger partial charge in [0.1, 0.15) is 6.61 Å². The van der Waals surface area contributed by atoms with Gasteiger partial charge in [0.05, 0.1) is 20.0 Å². The van der Waals surface area contributed by atoms with Crippen LogP contribution in [-0.2, 0) is 18.9 Å². The fourth-order valence-electron chi connectivity index (χ4n) is 4.14. The molecule has 1 fully saturated rings. The van der Waals surface area contributed by atoms with Crippen LogP contribution in [-0.4, -0.2) is 62.4 Å². The average Bonchev–Trinajstić information content (AvgIpc) is 2.68. The molecule has 0 spiro atoms. The van der Waals surface area contributed by atoms with E-state index in [-0.39, 0.29) is 0 Å². The second-order valence-corrected chi connectivity index (χ2v) is 7.45. The van der Waals surface area contributed by atoms with Crippen molar-refractivity contribution in [2.75, 3.05) is 20.3 Å². The third kappa shape index (κ3) is 5.85. The largest absolute Gasteiger partial charge is 0.509 e. The van der Waals surface area contributed by atoms with Gasteiger partial charge < -0.3 is 18.9 Å². The minimum Gasteiger partial charge on any atom is -0.499 e. The van der Waals surface area contributed by atoms with Gasteiger partial charge in [0, 0.05) is 11.8 Å². The van der Waals surface area contributed by atoms with Gasteiger partial charge in [0.25, 0.3) is 5.60 Å². The summed E-state index contributed by atoms with van der Waals surface area (Å²) in [4.78, 5) is 11.2. The molecular weight excluding hydrogens is 524 g/mol. The number of rotatable bonds is 8. The van der Waals surface area contributed by atoms with Crippen molar-refractivity contribution in [3.05, 3.63) is 12.8 Å². The molecule has 35 heavy (non-hydrogen) atoms. The molecule has 0 aromatic rings. The second-order valence-electron chi connectivity index (χ2n) is 7.45. The molecule has 1 rings (SSSR count). The van der Waals surface area contributed by atoms with Gasteiger partial charge >= 0.3 is 36.5 Å². The molecule has 206 valence electrons. The smallest absolute Gasteiger partial charge is 0.499 e. The van der Waals surface area contributed by atoms with Crippen LogP contribution in [0.4, 0.5) is 57.5 Å². The molecule has 0 unspecified atom stereocenters. The minimum atomic E-state index is -6.33. The van der Waals surface area contributed by atoms with Gasteiger partial charge in [-0.05, 0) is 25.7 Å². The molecule has 0 aliphatic heterocycles. The van der Waals surface area contributed by atoms with Crippen molar-refractivity contribution in [2.45, 2.75) is 61.6 Å². The molecule has 0 saturated heterocycles. The van der Waals surface area contributed by atoms with Crippen LogP contribution in [0.5, 0.6) is 0 Å². The number of ether oxygens (including phenoxy) is 4. The highest BCUT2D eigenvalue weighted by molar-refractivity contribution is 5.60. The first-order valence-electron chi connectivity index (χ1n) is 9.63. The summed E-state index contributed by atoms with van der Waals surface area (Å²) in [6.45, 7) is 0.956. The molecule has 0 aromatic heterocycles. The number of carbonyl (C=O) groups is 1. The van der Waals surface area contributed by atoms with Crippen molar-refractivity contribution in [1.29, 1.82) is 0 Å². The molecule has 0 amide bonds. The number of hydrogen-bond donors (Lipinski definition) is 0. The van der Waals surface area contributed by atoms with Crippen LogP contribution >= 0.6 is 0 Å². The minimum absolute atomic E-state index is 0.408. The highest BCUT2D eigenvalue weighted by atomic mass is 19.4. The van der Waals surface area contributed by atoms with Crippen LogP contribution in [0, 0.1) is 11.8 Å². The van der Waals surface area contributed by atoms with Crippen molar-refractivity contribution in [2.24, 2.45) is 11.8 Å². The first-order chi connectivity index (χ1) is 15.7. The van der Waals surface area contributed by atoms with Gasteiger partial charge in [-0.1, -0.05) is 6.58 Å². The van der Waals surface area contributed by atoms with E-state index in [4.69, 9.17) is 0 Å². The monoisotopic (exact) mass is 544 g/mol. The van der Waals surface area contributed by atoms with E-state index in [0.29, 0.717) is 13.4 Å². The summed E-state index contributed by atoms with van der Waals surface area (Å²) in [5.74, 6) is -5.37. The molecular formula is C18H20F12O5. The summed E-state index contributed by atoms with van der Waals surface area (Å²) in [5.41, 5.74) is -10.1. The maximum Gasteiger partial charge on any atom is 0.509 e. The Balaban J connectivity index is 3.44. The highest BCUT2D eigenvalue weighted by Gasteiger charge is 2.79. The van der Waals surface area contributed by atoms with E-state index in [0.717, 1.165) is 0 Å². The van der Waals surface area contributed by atoms with E-state index in [9.17, 15) is 57.5 Å². The zero-order chi connectivity index (χ0) is 27.5. The summed E-state index contributed by atoms with van der Waals surface area (Å²) >= 11 is 0. The van der Waals surface area contributed by atoms with Crippen molar-refractivity contribution in [3.63, 3.8) is 0 Å². The topological polar surface area (TPSA) is 54.0 Å². The van der Waals surface area contributed by atoms with E-state index in [2.05, 4.69) is 25.5 Å². The van der Waals surface area contributed by atoms with E-state index < -0.39 is 92.8 Å².